The summed E-state index contributed by atoms with van der Waals surface area (Å²) in [5, 5.41) is 9.83. The summed E-state index contributed by atoms with van der Waals surface area (Å²) in [5.41, 5.74) is -0.665. The Kier molecular flexibility index (Phi) is 14.2. The quantitative estimate of drug-likeness (QED) is 0.247. The van der Waals surface area contributed by atoms with Gasteiger partial charge in [0.1, 0.15) is 11.6 Å². The van der Waals surface area contributed by atoms with Crippen molar-refractivity contribution in [3.63, 3.8) is 0 Å². The molecule has 0 aliphatic carbocycles. The van der Waals surface area contributed by atoms with E-state index in [0.29, 0.717) is 12.5 Å². The van der Waals surface area contributed by atoms with E-state index < -0.39 is 23.7 Å². The average molecular weight is 423 g/mol. The summed E-state index contributed by atoms with van der Waals surface area (Å²) in [5.74, 6) is -0.521. The van der Waals surface area contributed by atoms with Gasteiger partial charge in [-0.3, -0.25) is 4.90 Å². The topological polar surface area (TPSA) is 66.8 Å². The Bertz CT molecular complexity index is 490. The van der Waals surface area contributed by atoms with E-state index in [1.54, 1.807) is 0 Å². The van der Waals surface area contributed by atoms with Crippen LogP contribution in [0.3, 0.4) is 0 Å². The monoisotopic (exact) mass is 423 g/mol. The molecule has 0 heterocycles. The van der Waals surface area contributed by atoms with Gasteiger partial charge in [-0.05, 0) is 38.5 Å². The van der Waals surface area contributed by atoms with Crippen LogP contribution in [-0.4, -0.2) is 48.1 Å². The molecule has 0 aliphatic heterocycles. The maximum absolute atomic E-state index is 13.0. The van der Waals surface area contributed by atoms with Crippen LogP contribution in [0.2, 0.25) is 6.32 Å². The van der Waals surface area contributed by atoms with Gasteiger partial charge >= 0.3 is 12.1 Å². The largest absolute Gasteiger partial charge is 0.480 e. The number of carbonyl (C=O) groups excluding carboxylic acids is 1. The highest BCUT2D eigenvalue weighted by molar-refractivity contribution is 6.08. The molecule has 3 atom stereocenters. The molecule has 1 N–H and O–H groups in total. The third kappa shape index (κ3) is 11.9. The minimum Gasteiger partial charge on any atom is -0.480 e. The first kappa shape index (κ1) is 28.8. The fourth-order valence-electron chi connectivity index (χ4n) is 3.96. The summed E-state index contributed by atoms with van der Waals surface area (Å²) in [7, 11) is 5.63. The normalized spacial score (nSPS) is 14.9. The van der Waals surface area contributed by atoms with Crippen LogP contribution >= 0.6 is 0 Å². The lowest BCUT2D eigenvalue weighted by Gasteiger charge is -2.36. The molecule has 0 bridgehead atoms. The van der Waals surface area contributed by atoms with Crippen LogP contribution in [0.15, 0.2) is 0 Å². The number of ether oxygens (including phenoxy) is 1. The number of hydrogen-bond acceptors (Lipinski definition) is 3. The zero-order valence-corrected chi connectivity index (χ0v) is 20.6. The van der Waals surface area contributed by atoms with Gasteiger partial charge in [-0.15, -0.1) is 0 Å². The van der Waals surface area contributed by atoms with Crippen LogP contribution in [0.1, 0.15) is 99.8 Å². The third-order valence-corrected chi connectivity index (χ3v) is 5.60. The van der Waals surface area contributed by atoms with Gasteiger partial charge in [0.05, 0.1) is 7.85 Å². The standard InChI is InChI=1S/C24H46BNO4/c1-8-9-11-14-20(15-12-10-13-16-25)19(4)17-26(21(18(2)3)22(27)28)23(29)30-24(5,6)7/h18-21H,8-17H2,1-7H3,(H,27,28)/t19?,20?,21-/m0/s1. The van der Waals surface area contributed by atoms with E-state index in [-0.39, 0.29) is 11.8 Å². The summed E-state index contributed by atoms with van der Waals surface area (Å²) in [6, 6.07) is -0.893. The highest BCUT2D eigenvalue weighted by Gasteiger charge is 2.36. The number of carbonyl (C=O) groups is 2. The fraction of sp³-hybridized carbons (Fsp3) is 0.917. The highest BCUT2D eigenvalue weighted by Crippen LogP contribution is 2.28. The van der Waals surface area contributed by atoms with Crippen LogP contribution < -0.4 is 0 Å². The van der Waals surface area contributed by atoms with E-state index in [2.05, 4.69) is 13.8 Å². The molecule has 0 aromatic carbocycles. The molecule has 0 fully saturated rings. The van der Waals surface area contributed by atoms with Crippen molar-refractivity contribution in [1.29, 1.82) is 0 Å². The van der Waals surface area contributed by atoms with Crippen molar-refractivity contribution in [1.82, 2.24) is 4.90 Å². The molecule has 2 radical (unpaired) electrons. The van der Waals surface area contributed by atoms with Gasteiger partial charge in [0.25, 0.3) is 0 Å². The molecule has 0 spiro atoms. The summed E-state index contributed by atoms with van der Waals surface area (Å²) in [6.07, 6.45) is 9.20. The average Bonchev–Trinajstić information content (AvgIpc) is 2.61. The molecule has 0 aromatic rings. The Balaban J connectivity index is 5.46. The van der Waals surface area contributed by atoms with E-state index in [0.717, 1.165) is 38.4 Å². The molecule has 30 heavy (non-hydrogen) atoms. The second kappa shape index (κ2) is 14.7. The lowest BCUT2D eigenvalue weighted by Crippen LogP contribution is -2.51. The first-order valence-corrected chi connectivity index (χ1v) is 11.9. The second-order valence-corrected chi connectivity index (χ2v) is 10.0. The van der Waals surface area contributed by atoms with E-state index in [1.165, 1.54) is 24.2 Å². The van der Waals surface area contributed by atoms with Gasteiger partial charge in [0.15, 0.2) is 0 Å². The van der Waals surface area contributed by atoms with Crippen LogP contribution in [0.5, 0.6) is 0 Å². The van der Waals surface area contributed by atoms with Crippen molar-refractivity contribution in [2.75, 3.05) is 6.54 Å². The lowest BCUT2D eigenvalue weighted by atomic mass is 9.83. The van der Waals surface area contributed by atoms with Gasteiger partial charge < -0.3 is 9.84 Å². The number of carboxylic acid groups (broad SMARTS) is 1. The maximum Gasteiger partial charge on any atom is 0.411 e. The van der Waals surface area contributed by atoms with E-state index in [1.807, 2.05) is 34.6 Å². The molecule has 0 saturated heterocycles. The SMILES string of the molecule is [B]CCCCCC(CCCCC)C(C)CN(C(=O)OC(C)(C)C)[C@H](C(=O)O)C(C)C. The van der Waals surface area contributed by atoms with Gasteiger partial charge in [-0.1, -0.05) is 85.4 Å². The minimum atomic E-state index is -0.978. The molecule has 174 valence electrons. The fourth-order valence-corrected chi connectivity index (χ4v) is 3.96. The molecule has 1 amide bonds. The Morgan fingerprint density at radius 3 is 2.00 bits per heavy atom. The number of aliphatic carboxylic acids is 1. The predicted octanol–water partition coefficient (Wildman–Crippen LogP) is 6.31. The van der Waals surface area contributed by atoms with Crippen molar-refractivity contribution < 1.29 is 19.4 Å². The van der Waals surface area contributed by atoms with Crippen LogP contribution in [0, 0.1) is 17.8 Å². The molecule has 0 aliphatic rings. The molecule has 6 heteroatoms. The smallest absolute Gasteiger partial charge is 0.411 e. The number of unbranched alkanes of at least 4 members (excludes halogenated alkanes) is 4. The van der Waals surface area contributed by atoms with Crippen molar-refractivity contribution in [2.45, 2.75) is 118 Å². The summed E-state index contributed by atoms with van der Waals surface area (Å²) >= 11 is 0. The Labute approximate surface area is 186 Å². The molecule has 2 unspecified atom stereocenters. The molecular weight excluding hydrogens is 377 g/mol. The number of nitrogens with zero attached hydrogens (tertiary/aromatic N) is 1. The molecule has 5 nitrogen and oxygen atoms in total. The van der Waals surface area contributed by atoms with Gasteiger partial charge in [-0.2, -0.15) is 0 Å². The zero-order chi connectivity index (χ0) is 23.3. The number of hydrogen-bond donors (Lipinski definition) is 1. The van der Waals surface area contributed by atoms with Crippen molar-refractivity contribution >= 4 is 19.9 Å². The molecule has 0 saturated carbocycles. The number of amides is 1. The Hall–Kier alpha value is -1.20. The van der Waals surface area contributed by atoms with Crippen molar-refractivity contribution in [3.05, 3.63) is 0 Å². The van der Waals surface area contributed by atoms with E-state index in [4.69, 9.17) is 12.6 Å². The van der Waals surface area contributed by atoms with Crippen LogP contribution in [-0.2, 0) is 9.53 Å². The number of rotatable bonds is 15. The van der Waals surface area contributed by atoms with Gasteiger partial charge in [0, 0.05) is 6.54 Å². The highest BCUT2D eigenvalue weighted by atomic mass is 16.6. The lowest BCUT2D eigenvalue weighted by molar-refractivity contribution is -0.145. The first-order valence-electron chi connectivity index (χ1n) is 11.9. The van der Waals surface area contributed by atoms with E-state index in [9.17, 15) is 14.7 Å². The Morgan fingerprint density at radius 1 is 1.00 bits per heavy atom. The van der Waals surface area contributed by atoms with Gasteiger partial charge in [0.2, 0.25) is 0 Å². The maximum atomic E-state index is 13.0. The predicted molar refractivity (Wildman–Crippen MR) is 125 cm³/mol. The van der Waals surface area contributed by atoms with Crippen molar-refractivity contribution in [3.8, 4) is 0 Å². The zero-order valence-electron chi connectivity index (χ0n) is 20.6. The summed E-state index contributed by atoms with van der Waals surface area (Å²) in [6.45, 7) is 13.9. The molecule has 0 aromatic heterocycles. The third-order valence-electron chi connectivity index (χ3n) is 5.60. The van der Waals surface area contributed by atoms with Crippen LogP contribution in [0.4, 0.5) is 4.79 Å². The van der Waals surface area contributed by atoms with Gasteiger partial charge in [-0.25, -0.2) is 9.59 Å². The molecular formula is C24H46BNO4. The van der Waals surface area contributed by atoms with Crippen molar-refractivity contribution in [2.24, 2.45) is 17.8 Å². The first-order chi connectivity index (χ1) is 13.9. The molecule has 0 rings (SSSR count). The summed E-state index contributed by atoms with van der Waals surface area (Å²) < 4.78 is 5.58. The summed E-state index contributed by atoms with van der Waals surface area (Å²) in [4.78, 5) is 26.4. The van der Waals surface area contributed by atoms with E-state index >= 15 is 0 Å². The minimum absolute atomic E-state index is 0.202. The number of carboxylic acids is 1. The van der Waals surface area contributed by atoms with Crippen LogP contribution in [0.25, 0.3) is 0 Å². The second-order valence-electron chi connectivity index (χ2n) is 10.0. The Morgan fingerprint density at radius 2 is 1.57 bits per heavy atom.